The number of phenols is 2. The van der Waals surface area contributed by atoms with E-state index < -0.39 is 123 Å². The van der Waals surface area contributed by atoms with Crippen LogP contribution in [0, 0.1) is 0 Å². The Morgan fingerprint density at radius 3 is 0.932 bits per heavy atom. The van der Waals surface area contributed by atoms with E-state index in [4.69, 9.17) is 33.2 Å². The first-order chi connectivity index (χ1) is 54.2. The van der Waals surface area contributed by atoms with Crippen LogP contribution in [0.15, 0.2) is 164 Å². The van der Waals surface area contributed by atoms with Crippen LogP contribution < -0.4 is 58.6 Å². The van der Waals surface area contributed by atoms with Crippen LogP contribution in [-0.4, -0.2) is 84.4 Å². The Hall–Kier alpha value is -9.20. The number of hydrogen-bond acceptors (Lipinski definition) is 16. The van der Waals surface area contributed by atoms with E-state index in [2.05, 4.69) is 4.18 Å². The van der Waals surface area contributed by atoms with E-state index in [9.17, 15) is 103 Å². The van der Waals surface area contributed by atoms with Gasteiger partial charge in [-0.1, -0.05) is 138 Å². The minimum atomic E-state index is -5.95. The molecule has 0 saturated heterocycles. The first kappa shape index (κ1) is 91.1. The highest BCUT2D eigenvalue weighted by Gasteiger charge is 2.55. The van der Waals surface area contributed by atoms with E-state index in [0.717, 1.165) is 40.6 Å². The maximum Gasteiger partial charge on any atom is 0.534 e. The van der Waals surface area contributed by atoms with Crippen LogP contribution in [0.5, 0.6) is 57.5 Å². The molecule has 4 atom stereocenters. The normalized spacial score (nSPS) is 19.1. The van der Waals surface area contributed by atoms with E-state index >= 15 is 0 Å². The summed E-state index contributed by atoms with van der Waals surface area (Å²) in [5.41, 5.74) is -8.64. The molecule has 9 aromatic carbocycles. The number of ether oxygens (including phenoxy) is 7. The fraction of sp³-hybridized carbons (Fsp3) is 0.341. The third-order valence-electron chi connectivity index (χ3n) is 20.1. The number of alkyl halides is 15. The summed E-state index contributed by atoms with van der Waals surface area (Å²) >= 11 is 0. The molecule has 0 amide bonds. The lowest BCUT2D eigenvalue weighted by Crippen LogP contribution is -2.30. The quantitative estimate of drug-likeness (QED) is 0.0533. The minimum absolute atomic E-state index is 0.0179. The molecule has 4 aliphatic rings. The van der Waals surface area contributed by atoms with Crippen molar-refractivity contribution >= 4 is 59.9 Å². The topological polar surface area (TPSA) is 217 Å². The second-order valence-electron chi connectivity index (χ2n) is 31.7. The van der Waals surface area contributed by atoms with E-state index in [1.54, 1.807) is 106 Å². The van der Waals surface area contributed by atoms with Gasteiger partial charge in [0.25, 0.3) is 0 Å². The monoisotopic (exact) mass is 1760 g/mol. The van der Waals surface area contributed by atoms with Crippen LogP contribution in [0.4, 0.5) is 65.9 Å². The molecule has 0 aromatic heterocycles. The molecule has 16 nitrogen and oxygen atoms in total. The lowest BCUT2D eigenvalue weighted by molar-refractivity contribution is -0.144. The van der Waals surface area contributed by atoms with Crippen molar-refractivity contribution in [1.29, 1.82) is 0 Å². The molecule has 636 valence electrons. The van der Waals surface area contributed by atoms with Crippen molar-refractivity contribution in [1.82, 2.24) is 0 Å². The summed E-state index contributed by atoms with van der Waals surface area (Å²) in [5.74, 6) is 1.02. The predicted molar refractivity (Wildman–Crippen MR) is 420 cm³/mol. The van der Waals surface area contributed by atoms with Crippen molar-refractivity contribution in [2.24, 2.45) is 0 Å². The highest BCUT2D eigenvalue weighted by Crippen LogP contribution is 2.69. The van der Waals surface area contributed by atoms with Crippen molar-refractivity contribution in [2.45, 2.75) is 141 Å². The Kier molecular flexibility index (Phi) is 24.8. The predicted octanol–water partition coefficient (Wildman–Crippen LogP) is 23.3. The van der Waals surface area contributed by atoms with Crippen LogP contribution in [0.25, 0.3) is 44.5 Å². The van der Waals surface area contributed by atoms with Crippen molar-refractivity contribution in [3.05, 3.63) is 192 Å². The van der Waals surface area contributed by atoms with E-state index in [1.165, 1.54) is 25.3 Å². The number of halogens is 15. The van der Waals surface area contributed by atoms with Crippen LogP contribution in [-0.2, 0) is 59.7 Å². The third kappa shape index (κ3) is 18.0. The van der Waals surface area contributed by atoms with Gasteiger partial charge in [0.1, 0.15) is 89.0 Å². The molecule has 0 unspecified atom stereocenters. The van der Waals surface area contributed by atoms with Gasteiger partial charge in [-0.3, -0.25) is 0 Å². The summed E-state index contributed by atoms with van der Waals surface area (Å²) in [6.07, 6.45) is -20.7. The average molecular weight is 1760 g/mol. The summed E-state index contributed by atoms with van der Waals surface area (Å²) < 4.78 is 320. The highest BCUT2D eigenvalue weighted by molar-refractivity contribution is 7.88. The Morgan fingerprint density at radius 2 is 0.636 bits per heavy atom. The van der Waals surface area contributed by atoms with Crippen LogP contribution in [0.3, 0.4) is 0 Å². The molecule has 0 aliphatic carbocycles. The van der Waals surface area contributed by atoms with E-state index in [0.29, 0.717) is 52.2 Å². The second-order valence-corrected chi connectivity index (χ2v) is 47.4. The minimum Gasteiger partial charge on any atom is -0.507 e. The summed E-state index contributed by atoms with van der Waals surface area (Å²) in [6, 6.07) is 36.9. The lowest BCUT2D eigenvalue weighted by atomic mass is 9.98. The second kappa shape index (κ2) is 32.1. The molecule has 0 radical (unpaired) electrons. The lowest BCUT2D eigenvalue weighted by Gasteiger charge is -2.27. The maximum absolute atomic E-state index is 14.2. The Labute approximate surface area is 670 Å². The van der Waals surface area contributed by atoms with E-state index in [-0.39, 0.29) is 111 Å². The van der Waals surface area contributed by atoms with Gasteiger partial charge in [-0.05, 0) is 137 Å². The van der Waals surface area contributed by atoms with Gasteiger partial charge in [-0.25, -0.2) is 0 Å². The zero-order chi connectivity index (χ0) is 87.9. The number of fused-ring (bicyclic) bond motifs is 4. The summed E-state index contributed by atoms with van der Waals surface area (Å²) in [5, 5.41) is 18.0. The van der Waals surface area contributed by atoms with Gasteiger partial charge in [0.05, 0.1) is 52.4 Å². The van der Waals surface area contributed by atoms with Crippen LogP contribution >= 0.6 is 28.6 Å². The zero-order valence-corrected chi connectivity index (χ0v) is 70.0. The average Bonchev–Trinajstić information content (AvgIpc) is 1.57. The highest BCUT2D eigenvalue weighted by atomic mass is 32.2. The number of hydrogen-bond donors (Lipinski definition) is 2. The standard InChI is InChI=1S/C26H23F6O3P.C19H17F6O3P.C19H20F3O6PS.C18H21O4P/c1-24(2,3)36(33)15-35-22-20(9-10-21(23(22)36)34-14-16-7-5-4-6-8-16)17-11-18(25(27,28)29)13-19(12-17)26(30,31)32;1-17(2,3)29(27)9-28-15-13(4-5-14(26)16(15)29)10-6-11(18(20,21)22)8-12(7-10)19(23,24)25;1-18(2,3)29(23)11-27-16-14(12-5-7-13(26-4)8-6-12)9-10-15(17(16)29)28-30(24,25)19(20,21)22;1-18(2,3)23(20)11-22-16-14(9-10-15(19)17(16)23)12-5-7-13(21-4)8-6-12/h4-13H,14-15H2,1-3H3;4-8,26H,9H2,1-3H3;5-10H,11H2,1-4H3;5-10,19H,11H2,1-4H3/t36-;2*29-;23-/m1111/s1. The van der Waals surface area contributed by atoms with Gasteiger partial charge >= 0.3 is 40.3 Å². The molecule has 0 fully saturated rings. The molecule has 4 heterocycles. The Morgan fingerprint density at radius 1 is 0.356 bits per heavy atom. The van der Waals surface area contributed by atoms with Crippen molar-refractivity contribution < 1.29 is 140 Å². The molecule has 13 rings (SSSR count). The van der Waals surface area contributed by atoms with Gasteiger partial charge in [-0.15, -0.1) is 0 Å². The van der Waals surface area contributed by atoms with Crippen molar-refractivity contribution in [3.63, 3.8) is 0 Å². The molecule has 9 aromatic rings. The molecule has 4 aliphatic heterocycles. The molecule has 0 spiro atoms. The number of aromatic hydroxyl groups is 2. The van der Waals surface area contributed by atoms with Gasteiger partial charge < -0.3 is 65.8 Å². The van der Waals surface area contributed by atoms with Crippen molar-refractivity contribution in [3.8, 4) is 102 Å². The number of phenolic OH excluding ortho intramolecular Hbond substituents is 2. The summed E-state index contributed by atoms with van der Waals surface area (Å²) in [4.78, 5) is 0. The largest absolute Gasteiger partial charge is 0.534 e. The molecular weight excluding hydrogens is 1680 g/mol. The smallest absolute Gasteiger partial charge is 0.507 e. The zero-order valence-electron chi connectivity index (χ0n) is 65.6. The fourth-order valence-electron chi connectivity index (χ4n) is 12.9. The Bertz CT molecular complexity index is 5560. The van der Waals surface area contributed by atoms with Gasteiger partial charge in [-0.2, -0.15) is 74.3 Å². The van der Waals surface area contributed by atoms with Gasteiger partial charge in [0.15, 0.2) is 34.3 Å². The summed E-state index contributed by atoms with van der Waals surface area (Å²) in [7, 11) is -15.8. The third-order valence-corrected chi connectivity index (χ3v) is 36.3. The van der Waals surface area contributed by atoms with Gasteiger partial charge in [0, 0.05) is 42.9 Å². The molecular formula is C82H81F15O16P4S. The van der Waals surface area contributed by atoms with Crippen LogP contribution in [0.2, 0.25) is 0 Å². The summed E-state index contributed by atoms with van der Waals surface area (Å²) in [6.45, 7) is 21.0. The SMILES string of the molecule is CC(C)(C)[P@@]1(=O)COc2c(-c3cc(C(F)(F)F)cc(C(F)(F)F)c3)ccc(O)c21.CC(C)(C)[P@@]1(=O)COc2c(-c3cc(C(F)(F)F)cc(C(F)(F)F)c3)ccc(OCc3ccccc3)c21.COc1ccc(-c2ccc(O)c3c2OC[P@]3(=O)C(C)(C)C)cc1.COc1ccc(-c2ccc(OS(=O)(=O)C(F)(F)F)c3c2OC[P@]3(=O)C(C)(C)C)cc1. The number of rotatable bonds is 11. The Balaban J connectivity index is 0.000000167. The number of benzene rings is 9. The molecule has 0 bridgehead atoms. The molecule has 0 saturated carbocycles. The van der Waals surface area contributed by atoms with Crippen molar-refractivity contribution in [2.75, 3.05) is 39.6 Å². The molecule has 118 heavy (non-hydrogen) atoms. The number of methoxy groups -OCH3 is 2. The maximum atomic E-state index is 14.2. The van der Waals surface area contributed by atoms with Gasteiger partial charge in [0.2, 0.25) is 0 Å². The van der Waals surface area contributed by atoms with Crippen LogP contribution in [0.1, 0.15) is 111 Å². The molecule has 36 heteroatoms. The first-order valence-electron chi connectivity index (χ1n) is 35.7. The first-order valence-corrected chi connectivity index (χ1v) is 44.7. The van der Waals surface area contributed by atoms with E-state index in [1.807, 2.05) is 75.4 Å². The molecule has 2 N–H and O–H groups in total. The fourth-order valence-corrected chi connectivity index (χ4v) is 23.4.